The molecule has 2 saturated carbocycles. The molecule has 160 valence electrons. The van der Waals surface area contributed by atoms with E-state index in [4.69, 9.17) is 4.74 Å². The van der Waals surface area contributed by atoms with Gasteiger partial charge in [0.25, 0.3) is 0 Å². The molecule has 5 heteroatoms. The number of aromatic hydroxyl groups is 1. The average molecular weight is 403 g/mol. The fourth-order valence-corrected chi connectivity index (χ4v) is 5.56. The van der Waals surface area contributed by atoms with Gasteiger partial charge in [-0.1, -0.05) is 32.9 Å². The van der Waals surface area contributed by atoms with Crippen LogP contribution in [0.4, 0.5) is 0 Å². The highest BCUT2D eigenvalue weighted by atomic mass is 16.5. The molecule has 0 aliphatic heterocycles. The molecule has 1 aromatic carbocycles. The number of ether oxygens (including phenoxy) is 1. The number of phenolic OH excluding ortho intramolecular Hbond substituents is 1. The number of hydrogen-bond acceptors (Lipinski definition) is 5. The maximum absolute atomic E-state index is 12.7. The summed E-state index contributed by atoms with van der Waals surface area (Å²) in [6, 6.07) is 6.56. The van der Waals surface area contributed by atoms with Crippen molar-refractivity contribution in [3.8, 4) is 5.75 Å². The molecule has 29 heavy (non-hydrogen) atoms. The molecule has 3 rings (SSSR count). The quantitative estimate of drug-likeness (QED) is 0.525. The predicted octanol–water partition coefficient (Wildman–Crippen LogP) is 3.91. The first-order chi connectivity index (χ1) is 13.5. The summed E-state index contributed by atoms with van der Waals surface area (Å²) in [5.41, 5.74) is -0.680. The molecule has 0 aromatic heterocycles. The maximum Gasteiger partial charge on any atom is 0.331 e. The first-order valence-electron chi connectivity index (χ1n) is 10.6. The number of phenols is 1. The van der Waals surface area contributed by atoms with E-state index in [0.29, 0.717) is 18.8 Å². The van der Waals surface area contributed by atoms with Gasteiger partial charge in [0.1, 0.15) is 11.9 Å². The SMILES string of the molecule is CC(C)C1CCC2(C)C(O)CCC(C)(O)C2C1OC(=O)C=Cc1ccc(O)cc1. The van der Waals surface area contributed by atoms with Crippen molar-refractivity contribution in [1.29, 1.82) is 0 Å². The molecule has 6 unspecified atom stereocenters. The third-order valence-electron chi connectivity index (χ3n) is 7.25. The molecule has 0 saturated heterocycles. The first-order valence-corrected chi connectivity index (χ1v) is 10.6. The van der Waals surface area contributed by atoms with E-state index in [-0.39, 0.29) is 17.6 Å². The summed E-state index contributed by atoms with van der Waals surface area (Å²) in [4.78, 5) is 12.7. The summed E-state index contributed by atoms with van der Waals surface area (Å²) >= 11 is 0. The third kappa shape index (κ3) is 4.36. The van der Waals surface area contributed by atoms with Crippen LogP contribution in [0.25, 0.3) is 6.08 Å². The summed E-state index contributed by atoms with van der Waals surface area (Å²) in [7, 11) is 0. The summed E-state index contributed by atoms with van der Waals surface area (Å²) < 4.78 is 5.98. The number of benzene rings is 1. The number of aliphatic hydroxyl groups excluding tert-OH is 1. The number of carbonyl (C=O) groups is 1. The fraction of sp³-hybridized carbons (Fsp3) is 0.625. The second-order valence-electron chi connectivity index (χ2n) is 9.67. The Morgan fingerprint density at radius 3 is 2.45 bits per heavy atom. The number of rotatable bonds is 4. The lowest BCUT2D eigenvalue weighted by Gasteiger charge is -2.59. The highest BCUT2D eigenvalue weighted by Crippen LogP contribution is 2.57. The van der Waals surface area contributed by atoms with Crippen molar-refractivity contribution in [2.24, 2.45) is 23.2 Å². The molecule has 2 aliphatic carbocycles. The van der Waals surface area contributed by atoms with E-state index in [9.17, 15) is 20.1 Å². The summed E-state index contributed by atoms with van der Waals surface area (Å²) in [5.74, 6) is -0.159. The van der Waals surface area contributed by atoms with Crippen LogP contribution >= 0.6 is 0 Å². The van der Waals surface area contributed by atoms with E-state index < -0.39 is 29.2 Å². The monoisotopic (exact) mass is 402 g/mol. The van der Waals surface area contributed by atoms with Gasteiger partial charge in [0.2, 0.25) is 0 Å². The molecule has 2 aliphatic rings. The van der Waals surface area contributed by atoms with E-state index in [2.05, 4.69) is 13.8 Å². The molecular formula is C24H34O5. The van der Waals surface area contributed by atoms with E-state index in [1.54, 1.807) is 30.3 Å². The molecule has 0 bridgehead atoms. The molecule has 3 N–H and O–H groups in total. The summed E-state index contributed by atoms with van der Waals surface area (Å²) in [6.07, 6.45) is 4.83. The Morgan fingerprint density at radius 2 is 1.83 bits per heavy atom. The van der Waals surface area contributed by atoms with Crippen LogP contribution in [-0.2, 0) is 9.53 Å². The third-order valence-corrected chi connectivity index (χ3v) is 7.25. The Bertz CT molecular complexity index is 751. The van der Waals surface area contributed by atoms with Crippen LogP contribution in [0.2, 0.25) is 0 Å². The molecule has 0 spiro atoms. The van der Waals surface area contributed by atoms with Gasteiger partial charge < -0.3 is 20.1 Å². The van der Waals surface area contributed by atoms with Crippen LogP contribution in [0, 0.1) is 23.2 Å². The van der Waals surface area contributed by atoms with Crippen LogP contribution in [0.5, 0.6) is 5.75 Å². The molecular weight excluding hydrogens is 368 g/mol. The van der Waals surface area contributed by atoms with Crippen LogP contribution in [0.1, 0.15) is 58.9 Å². The van der Waals surface area contributed by atoms with Gasteiger partial charge in [-0.2, -0.15) is 0 Å². The Balaban J connectivity index is 1.85. The van der Waals surface area contributed by atoms with Crippen molar-refractivity contribution >= 4 is 12.0 Å². The van der Waals surface area contributed by atoms with Crippen molar-refractivity contribution in [3.63, 3.8) is 0 Å². The summed E-state index contributed by atoms with van der Waals surface area (Å²) in [5, 5.41) is 31.4. The lowest BCUT2D eigenvalue weighted by atomic mass is 9.50. The van der Waals surface area contributed by atoms with Gasteiger partial charge in [-0.3, -0.25) is 0 Å². The zero-order valence-corrected chi connectivity index (χ0v) is 17.8. The average Bonchev–Trinajstić information content (AvgIpc) is 2.64. The second kappa shape index (κ2) is 8.11. The van der Waals surface area contributed by atoms with Crippen LogP contribution < -0.4 is 0 Å². The highest BCUT2D eigenvalue weighted by molar-refractivity contribution is 5.87. The van der Waals surface area contributed by atoms with Gasteiger partial charge >= 0.3 is 5.97 Å². The molecule has 2 fully saturated rings. The van der Waals surface area contributed by atoms with Gasteiger partial charge in [0.15, 0.2) is 0 Å². The summed E-state index contributed by atoms with van der Waals surface area (Å²) in [6.45, 7) is 8.08. The normalized spacial score (nSPS) is 37.5. The first kappa shape index (κ1) is 21.8. The number of esters is 1. The number of hydrogen-bond donors (Lipinski definition) is 3. The lowest BCUT2D eigenvalue weighted by Crippen LogP contribution is -2.64. The van der Waals surface area contributed by atoms with Crippen molar-refractivity contribution in [2.75, 3.05) is 0 Å². The van der Waals surface area contributed by atoms with Gasteiger partial charge in [-0.15, -0.1) is 0 Å². The van der Waals surface area contributed by atoms with Crippen LogP contribution in [0.3, 0.4) is 0 Å². The zero-order valence-electron chi connectivity index (χ0n) is 17.8. The minimum Gasteiger partial charge on any atom is -0.508 e. The molecule has 0 radical (unpaired) electrons. The Kier molecular flexibility index (Phi) is 6.11. The van der Waals surface area contributed by atoms with Crippen molar-refractivity contribution < 1.29 is 24.9 Å². The van der Waals surface area contributed by atoms with E-state index in [1.807, 2.05) is 13.8 Å². The fourth-order valence-electron chi connectivity index (χ4n) is 5.56. The van der Waals surface area contributed by atoms with Crippen LogP contribution in [-0.4, -0.2) is 39.1 Å². The minimum atomic E-state index is -0.993. The van der Waals surface area contributed by atoms with E-state index >= 15 is 0 Å². The van der Waals surface area contributed by atoms with Gasteiger partial charge in [-0.25, -0.2) is 4.79 Å². The Morgan fingerprint density at radius 1 is 1.17 bits per heavy atom. The predicted molar refractivity (Wildman–Crippen MR) is 112 cm³/mol. The minimum absolute atomic E-state index is 0.135. The largest absolute Gasteiger partial charge is 0.508 e. The number of carbonyl (C=O) groups excluding carboxylic acids is 1. The van der Waals surface area contributed by atoms with E-state index in [1.165, 1.54) is 6.08 Å². The number of aliphatic hydroxyl groups is 2. The van der Waals surface area contributed by atoms with Gasteiger partial charge in [0, 0.05) is 17.4 Å². The smallest absolute Gasteiger partial charge is 0.331 e. The maximum atomic E-state index is 12.7. The molecule has 0 amide bonds. The lowest BCUT2D eigenvalue weighted by molar-refractivity contribution is -0.228. The molecule has 6 atom stereocenters. The van der Waals surface area contributed by atoms with Gasteiger partial charge in [0.05, 0.1) is 11.7 Å². The van der Waals surface area contributed by atoms with Crippen molar-refractivity contribution in [2.45, 2.75) is 71.2 Å². The number of fused-ring (bicyclic) bond motifs is 1. The zero-order chi connectivity index (χ0) is 21.4. The van der Waals surface area contributed by atoms with E-state index in [0.717, 1.165) is 18.4 Å². The topological polar surface area (TPSA) is 87.0 Å². The molecule has 5 nitrogen and oxygen atoms in total. The highest BCUT2D eigenvalue weighted by Gasteiger charge is 2.60. The molecule has 1 aromatic rings. The van der Waals surface area contributed by atoms with Crippen LogP contribution in [0.15, 0.2) is 30.3 Å². The molecule has 0 heterocycles. The van der Waals surface area contributed by atoms with Crippen molar-refractivity contribution in [1.82, 2.24) is 0 Å². The van der Waals surface area contributed by atoms with Crippen molar-refractivity contribution in [3.05, 3.63) is 35.9 Å². The Hall–Kier alpha value is -1.85. The second-order valence-corrected chi connectivity index (χ2v) is 9.67. The Labute approximate surface area is 173 Å². The standard InChI is InChI=1S/C24H34O5/c1-15(2)18-11-13-23(3)19(26)12-14-24(4,28)22(23)21(18)29-20(27)10-7-16-5-8-17(25)9-6-16/h5-10,15,18-19,21-22,25-26,28H,11-14H2,1-4H3. The van der Waals surface area contributed by atoms with Gasteiger partial charge in [-0.05, 0) is 68.2 Å².